The maximum atomic E-state index is 12.0. The molecule has 11 nitrogen and oxygen atoms in total. The summed E-state index contributed by atoms with van der Waals surface area (Å²) in [5, 5.41) is 33.1. The molecule has 1 heterocycles. The number of hydrogen-bond donors (Lipinski definition) is 2. The standard InChI is InChI=1S/C12H10N4O7/c17-5-4-14-10(18)6-8(12(14)19)13-7-2-1-3-9(15(20)21)11(7)16(22)23/h1-3,6,13,17H,4-5H2. The second kappa shape index (κ2) is 6.19. The summed E-state index contributed by atoms with van der Waals surface area (Å²) in [6.45, 7) is -0.661. The SMILES string of the molecule is O=C1C=C(Nc2cccc([N+](=O)[O-])c2[N+](=O)[O-])C(=O)N1CCO. The van der Waals surface area contributed by atoms with Gasteiger partial charge in [0.25, 0.3) is 11.8 Å². The van der Waals surface area contributed by atoms with Crippen molar-refractivity contribution in [1.29, 1.82) is 0 Å². The van der Waals surface area contributed by atoms with Gasteiger partial charge in [0.05, 0.1) is 23.0 Å². The number of rotatable bonds is 6. The number of imide groups is 1. The number of hydrogen-bond acceptors (Lipinski definition) is 8. The van der Waals surface area contributed by atoms with E-state index in [1.165, 1.54) is 12.1 Å². The normalized spacial score (nSPS) is 14.0. The van der Waals surface area contributed by atoms with Crippen LogP contribution < -0.4 is 5.32 Å². The van der Waals surface area contributed by atoms with E-state index in [1.54, 1.807) is 0 Å². The Bertz CT molecular complexity index is 743. The number of benzene rings is 1. The largest absolute Gasteiger partial charge is 0.395 e. The van der Waals surface area contributed by atoms with E-state index in [9.17, 15) is 29.8 Å². The maximum Gasteiger partial charge on any atom is 0.369 e. The number of aliphatic hydroxyl groups is 1. The highest BCUT2D eigenvalue weighted by molar-refractivity contribution is 6.17. The first kappa shape index (κ1) is 16.0. The minimum absolute atomic E-state index is 0.226. The van der Waals surface area contributed by atoms with Crippen LogP contribution in [0.15, 0.2) is 30.0 Å². The summed E-state index contributed by atoms with van der Waals surface area (Å²) in [5.41, 5.74) is -2.13. The highest BCUT2D eigenvalue weighted by Crippen LogP contribution is 2.35. The Morgan fingerprint density at radius 2 is 1.87 bits per heavy atom. The molecule has 1 aromatic rings. The number of nitro groups is 2. The Kier molecular flexibility index (Phi) is 4.32. The number of para-hydroxylation sites is 1. The predicted molar refractivity (Wildman–Crippen MR) is 75.3 cm³/mol. The minimum atomic E-state index is -0.951. The van der Waals surface area contributed by atoms with Crippen molar-refractivity contribution in [3.05, 3.63) is 50.2 Å². The molecular weight excluding hydrogens is 312 g/mol. The van der Waals surface area contributed by atoms with Gasteiger partial charge in [-0.05, 0) is 6.07 Å². The van der Waals surface area contributed by atoms with E-state index in [1.807, 2.05) is 0 Å². The molecule has 23 heavy (non-hydrogen) atoms. The molecular formula is C12H10N4O7. The molecule has 1 aliphatic rings. The molecule has 2 amide bonds. The summed E-state index contributed by atoms with van der Waals surface area (Å²) >= 11 is 0. The highest BCUT2D eigenvalue weighted by atomic mass is 16.6. The van der Waals surface area contributed by atoms with E-state index < -0.39 is 39.6 Å². The molecule has 0 bridgehead atoms. The molecule has 1 aliphatic heterocycles. The van der Waals surface area contributed by atoms with Crippen molar-refractivity contribution in [1.82, 2.24) is 4.90 Å². The summed E-state index contributed by atoms with van der Waals surface area (Å²) in [7, 11) is 0. The fourth-order valence-corrected chi connectivity index (χ4v) is 2.03. The number of nitrogens with one attached hydrogen (secondary N) is 1. The number of aliphatic hydroxyl groups excluding tert-OH is 1. The van der Waals surface area contributed by atoms with Crippen LogP contribution in [0, 0.1) is 20.2 Å². The van der Waals surface area contributed by atoms with Crippen molar-refractivity contribution < 1.29 is 24.5 Å². The lowest BCUT2D eigenvalue weighted by Crippen LogP contribution is -2.34. The summed E-state index contributed by atoms with van der Waals surface area (Å²) < 4.78 is 0. The molecule has 0 fully saturated rings. The van der Waals surface area contributed by atoms with Gasteiger partial charge in [-0.15, -0.1) is 0 Å². The van der Waals surface area contributed by atoms with Crippen LogP contribution in [-0.4, -0.2) is 44.8 Å². The van der Waals surface area contributed by atoms with Gasteiger partial charge in [-0.1, -0.05) is 6.07 Å². The highest BCUT2D eigenvalue weighted by Gasteiger charge is 2.34. The molecule has 0 aliphatic carbocycles. The van der Waals surface area contributed by atoms with Crippen molar-refractivity contribution in [3.8, 4) is 0 Å². The maximum absolute atomic E-state index is 12.0. The van der Waals surface area contributed by atoms with Gasteiger partial charge in [0, 0.05) is 12.1 Å². The molecule has 0 radical (unpaired) electrons. The van der Waals surface area contributed by atoms with Crippen molar-refractivity contribution in [3.63, 3.8) is 0 Å². The Hall–Kier alpha value is -3.34. The Labute approximate surface area is 128 Å². The number of carbonyl (C=O) groups excluding carboxylic acids is 2. The average Bonchev–Trinajstić information content (AvgIpc) is 2.74. The van der Waals surface area contributed by atoms with E-state index in [4.69, 9.17) is 5.11 Å². The Balaban J connectivity index is 2.38. The van der Waals surface area contributed by atoms with Crippen molar-refractivity contribution in [2.75, 3.05) is 18.5 Å². The molecule has 0 saturated heterocycles. The first-order valence-corrected chi connectivity index (χ1v) is 6.24. The van der Waals surface area contributed by atoms with Gasteiger partial charge in [-0.3, -0.25) is 34.7 Å². The van der Waals surface area contributed by atoms with Crippen LogP contribution in [0.1, 0.15) is 0 Å². The number of carbonyl (C=O) groups is 2. The van der Waals surface area contributed by atoms with Crippen LogP contribution in [0.3, 0.4) is 0 Å². The summed E-state index contributed by atoms with van der Waals surface area (Å²) in [5.74, 6) is -1.48. The third-order valence-electron chi connectivity index (χ3n) is 3.00. The average molecular weight is 322 g/mol. The third-order valence-corrected chi connectivity index (χ3v) is 3.00. The van der Waals surface area contributed by atoms with Crippen molar-refractivity contribution >= 4 is 28.9 Å². The number of nitrogens with zero attached hydrogens (tertiary/aromatic N) is 3. The summed E-state index contributed by atoms with van der Waals surface area (Å²) in [6.07, 6.45) is 0.903. The smallest absolute Gasteiger partial charge is 0.369 e. The second-order valence-corrected chi connectivity index (χ2v) is 4.39. The summed E-state index contributed by atoms with van der Waals surface area (Å²) in [4.78, 5) is 44.4. The van der Waals surface area contributed by atoms with Gasteiger partial charge in [-0.2, -0.15) is 0 Å². The topological polar surface area (TPSA) is 156 Å². The monoisotopic (exact) mass is 322 g/mol. The molecule has 2 N–H and O–H groups in total. The number of amides is 2. The van der Waals surface area contributed by atoms with Crippen molar-refractivity contribution in [2.45, 2.75) is 0 Å². The van der Waals surface area contributed by atoms with Crippen LogP contribution in [0.5, 0.6) is 0 Å². The van der Waals surface area contributed by atoms with Gasteiger partial charge in [0.15, 0.2) is 0 Å². The Morgan fingerprint density at radius 3 is 2.43 bits per heavy atom. The zero-order valence-corrected chi connectivity index (χ0v) is 11.5. The zero-order valence-electron chi connectivity index (χ0n) is 11.5. The number of anilines is 1. The first-order chi connectivity index (χ1) is 10.9. The molecule has 0 atom stereocenters. The van der Waals surface area contributed by atoms with Gasteiger partial charge in [0.1, 0.15) is 11.4 Å². The lowest BCUT2D eigenvalue weighted by Gasteiger charge is -2.13. The molecule has 1 aromatic carbocycles. The third kappa shape index (κ3) is 2.98. The first-order valence-electron chi connectivity index (χ1n) is 6.24. The molecule has 0 saturated carbocycles. The summed E-state index contributed by atoms with van der Waals surface area (Å²) in [6, 6.07) is 3.34. The molecule has 120 valence electrons. The zero-order chi connectivity index (χ0) is 17.1. The van der Waals surface area contributed by atoms with Crippen LogP contribution in [0.2, 0.25) is 0 Å². The lowest BCUT2D eigenvalue weighted by molar-refractivity contribution is -0.421. The Morgan fingerprint density at radius 1 is 1.17 bits per heavy atom. The molecule has 11 heteroatoms. The van der Waals surface area contributed by atoms with Crippen LogP contribution in [-0.2, 0) is 9.59 Å². The van der Waals surface area contributed by atoms with Crippen molar-refractivity contribution in [2.24, 2.45) is 0 Å². The molecule has 2 rings (SSSR count). The fraction of sp³-hybridized carbons (Fsp3) is 0.167. The minimum Gasteiger partial charge on any atom is -0.395 e. The second-order valence-electron chi connectivity index (χ2n) is 4.39. The van der Waals surface area contributed by atoms with Crippen LogP contribution in [0.4, 0.5) is 17.1 Å². The lowest BCUT2D eigenvalue weighted by atomic mass is 10.2. The van der Waals surface area contributed by atoms with E-state index in [0.29, 0.717) is 0 Å². The van der Waals surface area contributed by atoms with Gasteiger partial charge >= 0.3 is 11.4 Å². The number of nitro benzene ring substituents is 2. The molecule has 0 unspecified atom stereocenters. The predicted octanol–water partition coefficient (Wildman–Crippen LogP) is 0.160. The van der Waals surface area contributed by atoms with Gasteiger partial charge in [-0.25, -0.2) is 0 Å². The van der Waals surface area contributed by atoms with E-state index in [2.05, 4.69) is 5.32 Å². The molecule has 0 spiro atoms. The van der Waals surface area contributed by atoms with Crippen LogP contribution in [0.25, 0.3) is 0 Å². The van der Waals surface area contributed by atoms with Gasteiger partial charge < -0.3 is 10.4 Å². The van der Waals surface area contributed by atoms with E-state index in [-0.39, 0.29) is 17.9 Å². The van der Waals surface area contributed by atoms with E-state index in [0.717, 1.165) is 17.0 Å². The number of β-amino-alcohol motifs (C(OH)–C–C–N with tert-alkyl or cyclic N) is 1. The quantitative estimate of drug-likeness (QED) is 0.426. The fourth-order valence-electron chi connectivity index (χ4n) is 2.03. The molecule has 0 aromatic heterocycles. The van der Waals surface area contributed by atoms with Crippen LogP contribution >= 0.6 is 0 Å². The van der Waals surface area contributed by atoms with Gasteiger partial charge in [0.2, 0.25) is 0 Å². The van der Waals surface area contributed by atoms with E-state index >= 15 is 0 Å².